The minimum Gasteiger partial charge on any atom is -0.315 e. The predicted octanol–water partition coefficient (Wildman–Crippen LogP) is 2.09. The first-order valence-electron chi connectivity index (χ1n) is 6.21. The quantitative estimate of drug-likeness (QED) is 0.778. The Morgan fingerprint density at radius 1 is 1.24 bits per heavy atom. The van der Waals surface area contributed by atoms with Gasteiger partial charge in [-0.05, 0) is 6.42 Å². The molecule has 0 bridgehead atoms. The average Bonchev–Trinajstić information content (AvgIpc) is 2.74. The van der Waals surface area contributed by atoms with Crippen LogP contribution >= 0.6 is 0 Å². The Kier molecular flexibility index (Phi) is 3.90. The highest BCUT2D eigenvalue weighted by Crippen LogP contribution is 2.08. The number of aryl methyl sites for hydroxylation is 1. The summed E-state index contributed by atoms with van der Waals surface area (Å²) < 4.78 is 1.95. The molecule has 0 fully saturated rings. The van der Waals surface area contributed by atoms with Crippen molar-refractivity contribution in [2.45, 2.75) is 45.6 Å². The summed E-state index contributed by atoms with van der Waals surface area (Å²) in [4.78, 5) is 22.2. The van der Waals surface area contributed by atoms with Crippen LogP contribution in [0.5, 0.6) is 0 Å². The summed E-state index contributed by atoms with van der Waals surface area (Å²) in [5.41, 5.74) is 0.949. The molecule has 1 N–H and O–H groups in total. The molecule has 0 unspecified atom stereocenters. The average molecular weight is 234 g/mol. The molecule has 0 aliphatic carbocycles. The number of aromatic amines is 1. The van der Waals surface area contributed by atoms with Crippen LogP contribution in [0.25, 0.3) is 11.2 Å². The Morgan fingerprint density at radius 2 is 2.06 bits per heavy atom. The molecule has 17 heavy (non-hydrogen) atoms. The Morgan fingerprint density at radius 3 is 2.88 bits per heavy atom. The second-order valence-electron chi connectivity index (χ2n) is 4.26. The van der Waals surface area contributed by atoms with Crippen molar-refractivity contribution in [3.05, 3.63) is 23.0 Å². The van der Waals surface area contributed by atoms with Gasteiger partial charge in [-0.2, -0.15) is 0 Å². The lowest BCUT2D eigenvalue weighted by atomic mass is 10.1. The maximum atomic E-state index is 11.4. The fourth-order valence-electron chi connectivity index (χ4n) is 1.94. The summed E-state index contributed by atoms with van der Waals surface area (Å²) in [6, 6.07) is 0. The maximum absolute atomic E-state index is 11.4. The predicted molar refractivity (Wildman–Crippen MR) is 66.9 cm³/mol. The van der Waals surface area contributed by atoms with Crippen LogP contribution in [-0.2, 0) is 6.54 Å². The second kappa shape index (κ2) is 5.61. The van der Waals surface area contributed by atoms with Gasteiger partial charge in [0.05, 0.1) is 12.7 Å². The summed E-state index contributed by atoms with van der Waals surface area (Å²) >= 11 is 0. The number of rotatable bonds is 6. The van der Waals surface area contributed by atoms with E-state index in [0.29, 0.717) is 11.2 Å². The van der Waals surface area contributed by atoms with Crippen LogP contribution in [0.3, 0.4) is 0 Å². The van der Waals surface area contributed by atoms with E-state index in [2.05, 4.69) is 21.9 Å². The molecule has 0 aliphatic heterocycles. The van der Waals surface area contributed by atoms with Crippen LogP contribution in [0.4, 0.5) is 0 Å². The number of nitrogens with zero attached hydrogens (tertiary/aromatic N) is 3. The first-order valence-corrected chi connectivity index (χ1v) is 6.21. The van der Waals surface area contributed by atoms with Gasteiger partial charge in [0.1, 0.15) is 0 Å². The van der Waals surface area contributed by atoms with E-state index in [4.69, 9.17) is 0 Å². The van der Waals surface area contributed by atoms with Crippen molar-refractivity contribution in [3.8, 4) is 0 Å². The topological polar surface area (TPSA) is 63.6 Å². The third-order valence-electron chi connectivity index (χ3n) is 2.91. The molecule has 2 heterocycles. The molecule has 5 heteroatoms. The number of hydrogen-bond acceptors (Lipinski definition) is 3. The number of hydrogen-bond donors (Lipinski definition) is 1. The number of imidazole rings is 1. The minimum absolute atomic E-state index is 0.167. The van der Waals surface area contributed by atoms with E-state index < -0.39 is 0 Å². The molecule has 92 valence electrons. The number of nitrogens with one attached hydrogen (secondary N) is 1. The number of H-pyrrole nitrogens is 1. The minimum atomic E-state index is -0.167. The highest BCUT2D eigenvalue weighted by Gasteiger charge is 2.06. The molecule has 5 nitrogen and oxygen atoms in total. The van der Waals surface area contributed by atoms with E-state index in [9.17, 15) is 4.79 Å². The summed E-state index contributed by atoms with van der Waals surface area (Å²) in [6.45, 7) is 3.09. The lowest BCUT2D eigenvalue weighted by Gasteiger charge is -2.02. The molecule has 0 radical (unpaired) electrons. The van der Waals surface area contributed by atoms with Crippen LogP contribution in [0, 0.1) is 0 Å². The van der Waals surface area contributed by atoms with Crippen LogP contribution in [0.15, 0.2) is 17.4 Å². The number of unbranched alkanes of at least 4 members (excludes halogenated alkanes) is 4. The number of fused-ring (bicyclic) bond motifs is 1. The third kappa shape index (κ3) is 2.72. The van der Waals surface area contributed by atoms with Gasteiger partial charge in [-0.25, -0.2) is 9.97 Å². The highest BCUT2D eigenvalue weighted by atomic mass is 16.1. The SMILES string of the molecule is CCCCCCCn1cnc2c(=O)[nH]cnc21. The van der Waals surface area contributed by atoms with E-state index in [0.717, 1.165) is 13.0 Å². The van der Waals surface area contributed by atoms with Gasteiger partial charge in [0.2, 0.25) is 0 Å². The summed E-state index contributed by atoms with van der Waals surface area (Å²) in [7, 11) is 0. The fraction of sp³-hybridized carbons (Fsp3) is 0.583. The first-order chi connectivity index (χ1) is 8.33. The maximum Gasteiger partial charge on any atom is 0.278 e. The number of aromatic nitrogens is 4. The van der Waals surface area contributed by atoms with Crippen molar-refractivity contribution < 1.29 is 0 Å². The van der Waals surface area contributed by atoms with Crippen molar-refractivity contribution in [2.24, 2.45) is 0 Å². The summed E-state index contributed by atoms with van der Waals surface area (Å²) in [6.07, 6.45) is 9.29. The monoisotopic (exact) mass is 234 g/mol. The molecule has 0 saturated heterocycles. The van der Waals surface area contributed by atoms with Crippen molar-refractivity contribution in [2.75, 3.05) is 0 Å². The Bertz CT molecular complexity index is 529. The van der Waals surface area contributed by atoms with Crippen LogP contribution < -0.4 is 5.56 Å². The zero-order valence-corrected chi connectivity index (χ0v) is 10.1. The van der Waals surface area contributed by atoms with Crippen LogP contribution in [0.1, 0.15) is 39.0 Å². The van der Waals surface area contributed by atoms with Gasteiger partial charge in [0, 0.05) is 6.54 Å². The molecule has 0 aromatic carbocycles. The fourth-order valence-corrected chi connectivity index (χ4v) is 1.94. The third-order valence-corrected chi connectivity index (χ3v) is 2.91. The second-order valence-corrected chi connectivity index (χ2v) is 4.26. The molecular formula is C12H18N4O. The van der Waals surface area contributed by atoms with Crippen molar-refractivity contribution in [3.63, 3.8) is 0 Å². The molecule has 0 aliphatic rings. The van der Waals surface area contributed by atoms with Crippen molar-refractivity contribution in [1.82, 2.24) is 19.5 Å². The Hall–Kier alpha value is -1.65. The molecule has 0 amide bonds. The lowest BCUT2D eigenvalue weighted by Crippen LogP contribution is -2.07. The summed E-state index contributed by atoms with van der Waals surface area (Å²) in [5.74, 6) is 0. The largest absolute Gasteiger partial charge is 0.315 e. The van der Waals surface area contributed by atoms with Gasteiger partial charge < -0.3 is 9.55 Å². The van der Waals surface area contributed by atoms with Crippen LogP contribution in [0.2, 0.25) is 0 Å². The Labute approximate surface area is 99.9 Å². The first kappa shape index (κ1) is 11.8. The van der Waals surface area contributed by atoms with Gasteiger partial charge in [-0.1, -0.05) is 32.6 Å². The van der Waals surface area contributed by atoms with Gasteiger partial charge in [0.15, 0.2) is 11.2 Å². The smallest absolute Gasteiger partial charge is 0.278 e. The normalized spacial score (nSPS) is 11.1. The van der Waals surface area contributed by atoms with Crippen molar-refractivity contribution >= 4 is 11.2 Å². The van der Waals surface area contributed by atoms with E-state index in [1.807, 2.05) is 4.57 Å². The lowest BCUT2D eigenvalue weighted by molar-refractivity contribution is 0.573. The molecule has 0 spiro atoms. The van der Waals surface area contributed by atoms with Gasteiger partial charge in [-0.3, -0.25) is 4.79 Å². The standard InChI is InChI=1S/C12H18N4O/c1-2-3-4-5-6-7-16-9-15-10-11(16)13-8-14-12(10)17/h8-9H,2-7H2,1H3,(H,13,14,17). The van der Waals surface area contributed by atoms with E-state index in [1.165, 1.54) is 32.0 Å². The zero-order chi connectivity index (χ0) is 12.1. The van der Waals surface area contributed by atoms with Crippen LogP contribution in [-0.4, -0.2) is 19.5 Å². The molecular weight excluding hydrogens is 216 g/mol. The van der Waals surface area contributed by atoms with Gasteiger partial charge in [0.25, 0.3) is 5.56 Å². The molecule has 0 atom stereocenters. The highest BCUT2D eigenvalue weighted by molar-refractivity contribution is 5.68. The van der Waals surface area contributed by atoms with Gasteiger partial charge >= 0.3 is 0 Å². The summed E-state index contributed by atoms with van der Waals surface area (Å²) in [5, 5.41) is 0. The molecule has 2 aromatic rings. The molecule has 2 aromatic heterocycles. The molecule has 0 saturated carbocycles. The molecule has 2 rings (SSSR count). The Balaban J connectivity index is 2.00. The van der Waals surface area contributed by atoms with E-state index in [-0.39, 0.29) is 5.56 Å². The van der Waals surface area contributed by atoms with E-state index in [1.54, 1.807) is 6.33 Å². The van der Waals surface area contributed by atoms with Crippen molar-refractivity contribution in [1.29, 1.82) is 0 Å². The van der Waals surface area contributed by atoms with E-state index >= 15 is 0 Å². The van der Waals surface area contributed by atoms with Gasteiger partial charge in [-0.15, -0.1) is 0 Å². The zero-order valence-electron chi connectivity index (χ0n) is 10.1.